The number of hydrogen-bond donors (Lipinski definition) is 0. The number of aryl methyl sites for hydroxylation is 2. The molecule has 0 unspecified atom stereocenters. The Morgan fingerprint density at radius 1 is 0.971 bits per heavy atom. The van der Waals surface area contributed by atoms with Crippen LogP contribution in [0.25, 0.3) is 21.9 Å². The van der Waals surface area contributed by atoms with Gasteiger partial charge in [-0.05, 0) is 60.4 Å². The molecule has 0 aliphatic carbocycles. The van der Waals surface area contributed by atoms with Crippen LogP contribution in [-0.4, -0.2) is 9.55 Å². The zero-order valence-corrected chi connectivity index (χ0v) is 19.5. The Morgan fingerprint density at radius 3 is 2.53 bits per heavy atom. The Morgan fingerprint density at radius 2 is 1.74 bits per heavy atom. The summed E-state index contributed by atoms with van der Waals surface area (Å²) in [6, 6.07) is 18.7. The third kappa shape index (κ3) is 4.15. The lowest BCUT2D eigenvalue weighted by atomic mass is 10.0. The number of thioether (sulfide) groups is 1. The minimum atomic E-state index is -0.410. The molecule has 0 aliphatic rings. The van der Waals surface area contributed by atoms with Crippen LogP contribution >= 0.6 is 11.8 Å². The minimum absolute atomic E-state index is 0.165. The van der Waals surface area contributed by atoms with E-state index in [-0.39, 0.29) is 17.9 Å². The van der Waals surface area contributed by atoms with E-state index in [1.54, 1.807) is 28.8 Å². The maximum absolute atomic E-state index is 13.4. The van der Waals surface area contributed by atoms with E-state index in [4.69, 9.17) is 9.40 Å². The first-order valence-corrected chi connectivity index (χ1v) is 11.8. The average Bonchev–Trinajstić information content (AvgIpc) is 2.83. The summed E-state index contributed by atoms with van der Waals surface area (Å²) >= 11 is 1.38. The van der Waals surface area contributed by atoms with Gasteiger partial charge in [-0.15, -0.1) is 0 Å². The van der Waals surface area contributed by atoms with E-state index in [1.807, 2.05) is 38.1 Å². The quantitative estimate of drug-likeness (QED) is 0.189. The Hall–Kier alpha value is -3.71. The molecule has 0 fully saturated rings. The van der Waals surface area contributed by atoms with Gasteiger partial charge in [0.25, 0.3) is 5.56 Å². The Balaban J connectivity index is 1.59. The number of fused-ring (bicyclic) bond motifs is 2. The van der Waals surface area contributed by atoms with Gasteiger partial charge in [0.15, 0.2) is 5.16 Å². The highest BCUT2D eigenvalue weighted by molar-refractivity contribution is 7.98. The molecule has 5 aromatic rings. The minimum Gasteiger partial charge on any atom is -0.422 e. The van der Waals surface area contributed by atoms with Gasteiger partial charge in [-0.1, -0.05) is 48.2 Å². The van der Waals surface area contributed by atoms with Gasteiger partial charge in [0.2, 0.25) is 0 Å². The van der Waals surface area contributed by atoms with Crippen LogP contribution < -0.4 is 11.2 Å². The molecule has 5 nitrogen and oxygen atoms in total. The summed E-state index contributed by atoms with van der Waals surface area (Å²) in [5.41, 5.74) is 4.19. The van der Waals surface area contributed by atoms with Crippen molar-refractivity contribution in [2.24, 2.45) is 0 Å². The fourth-order valence-electron chi connectivity index (χ4n) is 3.96. The Bertz CT molecular complexity index is 1660. The third-order valence-corrected chi connectivity index (χ3v) is 6.98. The van der Waals surface area contributed by atoms with Crippen LogP contribution in [0.3, 0.4) is 0 Å². The number of benzene rings is 3. The second kappa shape index (κ2) is 8.91. The van der Waals surface area contributed by atoms with Crippen molar-refractivity contribution in [2.75, 3.05) is 0 Å². The van der Waals surface area contributed by atoms with Gasteiger partial charge in [0, 0.05) is 17.2 Å². The molecule has 2 aromatic heterocycles. The van der Waals surface area contributed by atoms with Crippen molar-refractivity contribution in [3.05, 3.63) is 116 Å². The number of para-hydroxylation sites is 1. The number of nitrogens with zero attached hydrogens (tertiary/aromatic N) is 2. The van der Waals surface area contributed by atoms with E-state index in [2.05, 4.69) is 0 Å². The van der Waals surface area contributed by atoms with Crippen LogP contribution in [0, 0.1) is 19.7 Å². The number of aromatic nitrogens is 2. The average molecular weight is 473 g/mol. The predicted octanol–water partition coefficient (Wildman–Crippen LogP) is 5.60. The van der Waals surface area contributed by atoms with Crippen molar-refractivity contribution in [1.82, 2.24) is 9.55 Å². The zero-order valence-electron chi connectivity index (χ0n) is 18.7. The molecule has 3 aromatic carbocycles. The molecular formula is C27H21FN2O3S. The topological polar surface area (TPSA) is 65.1 Å². The van der Waals surface area contributed by atoms with Crippen molar-refractivity contribution < 1.29 is 8.81 Å². The van der Waals surface area contributed by atoms with E-state index in [1.165, 1.54) is 30.0 Å². The van der Waals surface area contributed by atoms with Gasteiger partial charge in [0.1, 0.15) is 11.4 Å². The van der Waals surface area contributed by atoms with E-state index < -0.39 is 5.63 Å². The molecule has 0 atom stereocenters. The van der Waals surface area contributed by atoms with Gasteiger partial charge < -0.3 is 4.42 Å². The van der Waals surface area contributed by atoms with Crippen molar-refractivity contribution in [2.45, 2.75) is 31.3 Å². The third-order valence-electron chi connectivity index (χ3n) is 5.95. The Labute approximate surface area is 198 Å². The van der Waals surface area contributed by atoms with Gasteiger partial charge in [0.05, 0.1) is 17.4 Å². The van der Waals surface area contributed by atoms with Gasteiger partial charge in [-0.3, -0.25) is 9.36 Å². The monoisotopic (exact) mass is 472 g/mol. The molecule has 0 N–H and O–H groups in total. The molecule has 0 aliphatic heterocycles. The first kappa shape index (κ1) is 22.1. The summed E-state index contributed by atoms with van der Waals surface area (Å²) in [4.78, 5) is 30.4. The van der Waals surface area contributed by atoms with Crippen LogP contribution in [0.5, 0.6) is 0 Å². The summed E-state index contributed by atoms with van der Waals surface area (Å²) in [5.74, 6) is 0.0985. The van der Waals surface area contributed by atoms with Crippen LogP contribution in [0.2, 0.25) is 0 Å². The Kier molecular flexibility index (Phi) is 5.79. The van der Waals surface area contributed by atoms with Crippen LogP contribution in [0.4, 0.5) is 4.39 Å². The first-order valence-electron chi connectivity index (χ1n) is 10.8. The summed E-state index contributed by atoms with van der Waals surface area (Å²) in [7, 11) is 0. The van der Waals surface area contributed by atoms with E-state index in [0.717, 1.165) is 27.6 Å². The summed E-state index contributed by atoms with van der Waals surface area (Å²) in [6.07, 6.45) is 0. The molecule has 0 saturated carbocycles. The molecule has 0 radical (unpaired) electrons. The smallest absolute Gasteiger partial charge is 0.336 e. The lowest BCUT2D eigenvalue weighted by molar-refractivity contribution is 0.557. The second-order valence-corrected chi connectivity index (χ2v) is 9.14. The molecule has 7 heteroatoms. The molecule has 0 bridgehead atoms. The molecular weight excluding hydrogens is 451 g/mol. The van der Waals surface area contributed by atoms with Crippen molar-refractivity contribution >= 4 is 33.6 Å². The maximum Gasteiger partial charge on any atom is 0.336 e. The summed E-state index contributed by atoms with van der Waals surface area (Å²) in [5, 5.41) is 1.91. The molecule has 0 amide bonds. The molecule has 2 heterocycles. The van der Waals surface area contributed by atoms with Gasteiger partial charge >= 0.3 is 5.63 Å². The summed E-state index contributed by atoms with van der Waals surface area (Å²) < 4.78 is 20.5. The molecule has 170 valence electrons. The molecule has 34 heavy (non-hydrogen) atoms. The highest BCUT2D eigenvalue weighted by Gasteiger charge is 2.15. The van der Waals surface area contributed by atoms with E-state index >= 15 is 0 Å². The van der Waals surface area contributed by atoms with Gasteiger partial charge in [-0.25, -0.2) is 14.2 Å². The number of hydrogen-bond acceptors (Lipinski definition) is 5. The van der Waals surface area contributed by atoms with Crippen molar-refractivity contribution in [1.29, 1.82) is 0 Å². The second-order valence-electron chi connectivity index (χ2n) is 8.19. The lowest BCUT2D eigenvalue weighted by Gasteiger charge is -2.14. The first-order chi connectivity index (χ1) is 16.4. The van der Waals surface area contributed by atoms with Crippen molar-refractivity contribution in [3.8, 4) is 0 Å². The van der Waals surface area contributed by atoms with Crippen LogP contribution in [-0.2, 0) is 12.3 Å². The highest BCUT2D eigenvalue weighted by Crippen LogP contribution is 2.29. The summed E-state index contributed by atoms with van der Waals surface area (Å²) in [6.45, 7) is 4.17. The van der Waals surface area contributed by atoms with Gasteiger partial charge in [-0.2, -0.15) is 0 Å². The highest BCUT2D eigenvalue weighted by atomic mass is 32.2. The predicted molar refractivity (Wildman–Crippen MR) is 133 cm³/mol. The van der Waals surface area contributed by atoms with Crippen LogP contribution in [0.15, 0.2) is 85.9 Å². The number of rotatable bonds is 5. The zero-order chi connectivity index (χ0) is 23.8. The lowest BCUT2D eigenvalue weighted by Crippen LogP contribution is -2.24. The molecule has 0 spiro atoms. The fraction of sp³-hybridized carbons (Fsp3) is 0.148. The largest absolute Gasteiger partial charge is 0.422 e. The fourth-order valence-corrected chi connectivity index (χ4v) is 4.95. The molecule has 5 rings (SSSR count). The molecule has 0 saturated heterocycles. The normalized spacial score (nSPS) is 11.4. The number of halogens is 1. The van der Waals surface area contributed by atoms with Crippen molar-refractivity contribution in [3.63, 3.8) is 0 Å². The SMILES string of the molecule is Cc1ccc2c(CSc3nc4ccccc4c(=O)n3Cc3ccc(F)cc3)cc(=O)oc2c1C. The maximum atomic E-state index is 13.4. The standard InChI is InChI=1S/C27H21FN2O3S/c1-16-7-12-21-19(13-24(31)33-25(21)17(16)2)15-34-27-29-23-6-4-3-5-22(23)26(32)30(27)14-18-8-10-20(28)11-9-18/h3-13H,14-15H2,1-2H3. The van der Waals surface area contributed by atoms with Crippen LogP contribution in [0.1, 0.15) is 22.3 Å². The van der Waals surface area contributed by atoms with E-state index in [9.17, 15) is 14.0 Å². The van der Waals surface area contributed by atoms with E-state index in [0.29, 0.717) is 27.4 Å².